The summed E-state index contributed by atoms with van der Waals surface area (Å²) >= 11 is 0. The second kappa shape index (κ2) is 4.63. The number of phenols is 1. The summed E-state index contributed by atoms with van der Waals surface area (Å²) in [4.78, 5) is 12.1. The summed E-state index contributed by atoms with van der Waals surface area (Å²) in [6.07, 6.45) is 2.28. The Morgan fingerprint density at radius 2 is 2.22 bits per heavy atom. The summed E-state index contributed by atoms with van der Waals surface area (Å²) in [6, 6.07) is 5.26. The van der Waals surface area contributed by atoms with Crippen LogP contribution < -0.4 is 0 Å². The number of hydrogen-bond donors (Lipinski definition) is 1. The highest BCUT2D eigenvalue weighted by atomic mass is 16.5. The van der Waals surface area contributed by atoms with Crippen molar-refractivity contribution in [3.8, 4) is 5.75 Å². The lowest BCUT2D eigenvalue weighted by atomic mass is 9.90. The van der Waals surface area contributed by atoms with Crippen LogP contribution in [0.1, 0.15) is 50.8 Å². The predicted octanol–water partition coefficient (Wildman–Crippen LogP) is 3.36. The normalized spacial score (nSPS) is 18.5. The van der Waals surface area contributed by atoms with E-state index in [2.05, 4.69) is 0 Å². The molecule has 0 amide bonds. The summed E-state index contributed by atoms with van der Waals surface area (Å²) < 4.78 is 5.61. The Bertz CT molecular complexity index is 463. The molecule has 0 aliphatic heterocycles. The molecule has 98 valence electrons. The van der Waals surface area contributed by atoms with Gasteiger partial charge in [-0.05, 0) is 56.4 Å². The van der Waals surface area contributed by atoms with Crippen LogP contribution in [0.5, 0.6) is 5.75 Å². The largest absolute Gasteiger partial charge is 0.508 e. The van der Waals surface area contributed by atoms with Crippen LogP contribution in [-0.4, -0.2) is 11.1 Å². The average Bonchev–Trinajstić information content (AvgIpc) is 2.71. The minimum absolute atomic E-state index is 0.143. The number of rotatable bonds is 3. The summed E-state index contributed by atoms with van der Waals surface area (Å²) in [5, 5.41) is 9.42. The maximum Gasteiger partial charge on any atom is 0.312 e. The Kier molecular flexibility index (Phi) is 3.33. The van der Waals surface area contributed by atoms with Gasteiger partial charge in [0, 0.05) is 0 Å². The van der Waals surface area contributed by atoms with Crippen LogP contribution in [0.3, 0.4) is 0 Å². The zero-order valence-corrected chi connectivity index (χ0v) is 11.2. The summed E-state index contributed by atoms with van der Waals surface area (Å²) in [7, 11) is 0. The van der Waals surface area contributed by atoms with Crippen molar-refractivity contribution in [2.75, 3.05) is 0 Å². The summed E-state index contributed by atoms with van der Waals surface area (Å²) in [5.41, 5.74) is 1.69. The molecule has 0 fully saturated rings. The van der Waals surface area contributed by atoms with E-state index in [1.807, 2.05) is 26.8 Å². The highest BCUT2D eigenvalue weighted by Gasteiger charge is 2.32. The van der Waals surface area contributed by atoms with E-state index >= 15 is 0 Å². The lowest BCUT2D eigenvalue weighted by Crippen LogP contribution is -2.26. The van der Waals surface area contributed by atoms with Crippen LogP contribution in [0.2, 0.25) is 0 Å². The smallest absolute Gasteiger partial charge is 0.312 e. The number of carbonyl (C=O) groups excluding carboxylic acids is 1. The SMILES string of the molecule is CCC(C)(C)C(=O)OC1CCc2cc(O)ccc21. The van der Waals surface area contributed by atoms with Gasteiger partial charge in [0.2, 0.25) is 0 Å². The van der Waals surface area contributed by atoms with Gasteiger partial charge in [-0.15, -0.1) is 0 Å². The van der Waals surface area contributed by atoms with Gasteiger partial charge in [-0.3, -0.25) is 4.79 Å². The van der Waals surface area contributed by atoms with Gasteiger partial charge in [-0.25, -0.2) is 0 Å². The van der Waals surface area contributed by atoms with Gasteiger partial charge in [0.15, 0.2) is 0 Å². The molecule has 1 aromatic carbocycles. The number of esters is 1. The highest BCUT2D eigenvalue weighted by Crippen LogP contribution is 2.37. The third-order valence-corrected chi connectivity index (χ3v) is 3.84. The zero-order valence-electron chi connectivity index (χ0n) is 11.2. The fourth-order valence-electron chi connectivity index (χ4n) is 2.12. The van der Waals surface area contributed by atoms with Crippen LogP contribution in [0.15, 0.2) is 18.2 Å². The van der Waals surface area contributed by atoms with E-state index in [-0.39, 0.29) is 17.8 Å². The Hall–Kier alpha value is -1.51. The first kappa shape index (κ1) is 12.9. The number of fused-ring (bicyclic) bond motifs is 1. The number of aryl methyl sites for hydroxylation is 1. The topological polar surface area (TPSA) is 46.5 Å². The number of hydrogen-bond acceptors (Lipinski definition) is 3. The molecule has 1 aromatic rings. The van der Waals surface area contributed by atoms with E-state index < -0.39 is 5.41 Å². The van der Waals surface area contributed by atoms with E-state index in [1.165, 1.54) is 0 Å². The molecular formula is C15H20O3. The number of benzene rings is 1. The van der Waals surface area contributed by atoms with Crippen LogP contribution in [0.4, 0.5) is 0 Å². The molecule has 0 saturated carbocycles. The minimum atomic E-state index is -0.431. The van der Waals surface area contributed by atoms with Gasteiger partial charge in [0.05, 0.1) is 5.41 Å². The van der Waals surface area contributed by atoms with Crippen molar-refractivity contribution in [2.24, 2.45) is 5.41 Å². The molecule has 0 spiro atoms. The van der Waals surface area contributed by atoms with Crippen molar-refractivity contribution >= 4 is 5.97 Å². The molecule has 1 unspecified atom stereocenters. The number of ether oxygens (including phenoxy) is 1. The standard InChI is InChI=1S/C15H20O3/c1-4-15(2,3)14(17)18-13-8-5-10-9-11(16)6-7-12(10)13/h6-7,9,13,16H,4-5,8H2,1-3H3. The average molecular weight is 248 g/mol. The molecule has 0 bridgehead atoms. The van der Waals surface area contributed by atoms with Gasteiger partial charge in [0.1, 0.15) is 11.9 Å². The molecule has 1 aliphatic rings. The maximum atomic E-state index is 12.1. The Morgan fingerprint density at radius 1 is 1.50 bits per heavy atom. The summed E-state index contributed by atoms with van der Waals surface area (Å²) in [5.74, 6) is 0.130. The first-order chi connectivity index (χ1) is 8.44. The zero-order chi connectivity index (χ0) is 13.3. The Labute approximate surface area is 108 Å². The highest BCUT2D eigenvalue weighted by molar-refractivity contribution is 5.76. The van der Waals surface area contributed by atoms with Crippen molar-refractivity contribution in [2.45, 2.75) is 46.1 Å². The molecular weight excluding hydrogens is 228 g/mol. The monoisotopic (exact) mass is 248 g/mol. The van der Waals surface area contributed by atoms with Gasteiger partial charge < -0.3 is 9.84 Å². The third-order valence-electron chi connectivity index (χ3n) is 3.84. The molecule has 2 rings (SSSR count). The number of aromatic hydroxyl groups is 1. The molecule has 18 heavy (non-hydrogen) atoms. The van der Waals surface area contributed by atoms with E-state index in [0.29, 0.717) is 0 Å². The van der Waals surface area contributed by atoms with E-state index in [9.17, 15) is 9.90 Å². The first-order valence-electron chi connectivity index (χ1n) is 6.47. The van der Waals surface area contributed by atoms with E-state index in [1.54, 1.807) is 12.1 Å². The van der Waals surface area contributed by atoms with Crippen molar-refractivity contribution in [3.05, 3.63) is 29.3 Å². The minimum Gasteiger partial charge on any atom is -0.508 e. The molecule has 1 N–H and O–H groups in total. The van der Waals surface area contributed by atoms with Crippen LogP contribution in [-0.2, 0) is 16.0 Å². The second-order valence-electron chi connectivity index (χ2n) is 5.55. The Balaban J connectivity index is 2.13. The lowest BCUT2D eigenvalue weighted by molar-refractivity contribution is -0.160. The molecule has 3 nitrogen and oxygen atoms in total. The Morgan fingerprint density at radius 3 is 2.89 bits per heavy atom. The third kappa shape index (κ3) is 2.35. The van der Waals surface area contributed by atoms with E-state index in [4.69, 9.17) is 4.74 Å². The molecule has 0 saturated heterocycles. The molecule has 3 heteroatoms. The quantitative estimate of drug-likeness (QED) is 0.834. The number of phenolic OH excluding ortho intramolecular Hbond substituents is 1. The van der Waals surface area contributed by atoms with Gasteiger partial charge in [-0.1, -0.05) is 13.0 Å². The molecule has 0 radical (unpaired) electrons. The second-order valence-corrected chi connectivity index (χ2v) is 5.55. The van der Waals surface area contributed by atoms with Crippen LogP contribution in [0, 0.1) is 5.41 Å². The number of carbonyl (C=O) groups is 1. The van der Waals surface area contributed by atoms with Crippen molar-refractivity contribution < 1.29 is 14.6 Å². The van der Waals surface area contributed by atoms with Crippen molar-refractivity contribution in [3.63, 3.8) is 0 Å². The van der Waals surface area contributed by atoms with Crippen LogP contribution in [0.25, 0.3) is 0 Å². The van der Waals surface area contributed by atoms with Gasteiger partial charge in [-0.2, -0.15) is 0 Å². The van der Waals surface area contributed by atoms with Gasteiger partial charge in [0.25, 0.3) is 0 Å². The summed E-state index contributed by atoms with van der Waals surface area (Å²) in [6.45, 7) is 5.80. The van der Waals surface area contributed by atoms with E-state index in [0.717, 1.165) is 30.4 Å². The predicted molar refractivity (Wildman–Crippen MR) is 69.3 cm³/mol. The molecule has 0 aromatic heterocycles. The van der Waals surface area contributed by atoms with Crippen molar-refractivity contribution in [1.82, 2.24) is 0 Å². The molecule has 1 atom stereocenters. The molecule has 1 aliphatic carbocycles. The van der Waals surface area contributed by atoms with Gasteiger partial charge >= 0.3 is 5.97 Å². The lowest BCUT2D eigenvalue weighted by Gasteiger charge is -2.23. The fraction of sp³-hybridized carbons (Fsp3) is 0.533. The molecule has 0 heterocycles. The first-order valence-corrected chi connectivity index (χ1v) is 6.47. The maximum absolute atomic E-state index is 12.1. The van der Waals surface area contributed by atoms with Crippen molar-refractivity contribution in [1.29, 1.82) is 0 Å². The van der Waals surface area contributed by atoms with Crippen LogP contribution >= 0.6 is 0 Å². The fourth-order valence-corrected chi connectivity index (χ4v) is 2.12.